The van der Waals surface area contributed by atoms with Gasteiger partial charge in [0.1, 0.15) is 0 Å². The van der Waals surface area contributed by atoms with E-state index in [9.17, 15) is 4.79 Å². The number of hydrogen-bond donors (Lipinski definition) is 0. The van der Waals surface area contributed by atoms with Crippen molar-refractivity contribution in [2.24, 2.45) is 0 Å². The minimum Gasteiger partial charge on any atom is -0.379 e. The van der Waals surface area contributed by atoms with Crippen LogP contribution in [0.2, 0.25) is 0 Å². The van der Waals surface area contributed by atoms with Crippen molar-refractivity contribution in [2.45, 2.75) is 32.7 Å². The van der Waals surface area contributed by atoms with Gasteiger partial charge in [-0.15, -0.1) is 0 Å². The summed E-state index contributed by atoms with van der Waals surface area (Å²) in [5.74, 6) is 0. The molecule has 1 heterocycles. The lowest BCUT2D eigenvalue weighted by Gasteiger charge is -2.09. The molecule has 0 amide bonds. The van der Waals surface area contributed by atoms with Gasteiger partial charge in [0.2, 0.25) is 0 Å². The van der Waals surface area contributed by atoms with Gasteiger partial charge in [0.15, 0.2) is 5.43 Å². The summed E-state index contributed by atoms with van der Waals surface area (Å²) in [7, 11) is 0. The van der Waals surface area contributed by atoms with E-state index in [1.807, 2.05) is 24.4 Å². The Morgan fingerprint density at radius 1 is 1.12 bits per heavy atom. The Morgan fingerprint density at radius 2 is 1.92 bits per heavy atom. The molecule has 0 spiro atoms. The number of pyridine rings is 1. The third-order valence-corrected chi connectivity index (χ3v) is 3.87. The standard InChI is InChI=1S/C19H24N2O3/c1-2-21-10-8-19(22)17-15-16(6-7-18(17)21)5-3-11-23-13-14-24-12-4-9-20/h6-8,10,15H,2-5,11-14H2,1H3. The average Bonchev–Trinajstić information content (AvgIpc) is 2.61. The lowest BCUT2D eigenvalue weighted by Crippen LogP contribution is -2.08. The number of ether oxygens (including phenoxy) is 2. The van der Waals surface area contributed by atoms with Crippen molar-refractivity contribution >= 4 is 10.9 Å². The first-order valence-electron chi connectivity index (χ1n) is 8.40. The van der Waals surface area contributed by atoms with Gasteiger partial charge in [-0.05, 0) is 37.5 Å². The Balaban J connectivity index is 1.79. The molecule has 0 N–H and O–H groups in total. The highest BCUT2D eigenvalue weighted by atomic mass is 16.5. The molecule has 0 aliphatic heterocycles. The first-order valence-corrected chi connectivity index (χ1v) is 8.40. The highest BCUT2D eigenvalue weighted by Gasteiger charge is 2.03. The van der Waals surface area contributed by atoms with Crippen LogP contribution in [-0.2, 0) is 22.4 Å². The molecule has 5 heteroatoms. The summed E-state index contributed by atoms with van der Waals surface area (Å²) < 4.78 is 12.8. The van der Waals surface area contributed by atoms with Gasteiger partial charge in [-0.3, -0.25) is 4.79 Å². The van der Waals surface area contributed by atoms with Crippen molar-refractivity contribution in [3.8, 4) is 6.07 Å². The topological polar surface area (TPSA) is 64.2 Å². The van der Waals surface area contributed by atoms with Crippen molar-refractivity contribution in [3.63, 3.8) is 0 Å². The predicted octanol–water partition coefficient (Wildman–Crippen LogP) is 2.90. The summed E-state index contributed by atoms with van der Waals surface area (Å²) in [5.41, 5.74) is 2.21. The van der Waals surface area contributed by atoms with E-state index in [0.717, 1.165) is 35.9 Å². The summed E-state index contributed by atoms with van der Waals surface area (Å²) >= 11 is 0. The molecule has 0 radical (unpaired) electrons. The molecule has 0 aliphatic rings. The first-order chi connectivity index (χ1) is 11.8. The highest BCUT2D eigenvalue weighted by molar-refractivity contribution is 5.79. The number of nitrogens with zero attached hydrogens (tertiary/aromatic N) is 2. The maximum Gasteiger partial charge on any atom is 0.189 e. The molecule has 24 heavy (non-hydrogen) atoms. The SMILES string of the molecule is CCn1ccc(=O)c2cc(CCCOCCOCCC#N)ccc21. The fourth-order valence-corrected chi connectivity index (χ4v) is 2.61. The van der Waals surface area contributed by atoms with Crippen LogP contribution in [0.25, 0.3) is 10.9 Å². The molecule has 0 atom stereocenters. The lowest BCUT2D eigenvalue weighted by atomic mass is 10.1. The van der Waals surface area contributed by atoms with Crippen LogP contribution in [0.3, 0.4) is 0 Å². The third-order valence-electron chi connectivity index (χ3n) is 3.87. The van der Waals surface area contributed by atoms with Crippen LogP contribution in [0.15, 0.2) is 35.3 Å². The molecule has 1 aromatic carbocycles. The molecule has 1 aromatic heterocycles. The van der Waals surface area contributed by atoms with Crippen molar-refractivity contribution in [1.82, 2.24) is 4.57 Å². The van der Waals surface area contributed by atoms with Crippen molar-refractivity contribution < 1.29 is 9.47 Å². The molecule has 2 aromatic rings. The summed E-state index contributed by atoms with van der Waals surface area (Å²) in [4.78, 5) is 12.1. The second kappa shape index (κ2) is 9.86. The van der Waals surface area contributed by atoms with Crippen LogP contribution in [0, 0.1) is 11.3 Å². The van der Waals surface area contributed by atoms with Crippen LogP contribution in [0.5, 0.6) is 0 Å². The second-order valence-electron chi connectivity index (χ2n) is 5.55. The van der Waals surface area contributed by atoms with Gasteiger partial charge >= 0.3 is 0 Å². The Bertz CT molecular complexity index is 746. The Kier molecular flexibility index (Phi) is 7.47. The van der Waals surface area contributed by atoms with E-state index in [-0.39, 0.29) is 5.43 Å². The van der Waals surface area contributed by atoms with Crippen LogP contribution >= 0.6 is 0 Å². The van der Waals surface area contributed by atoms with Gasteiger partial charge in [-0.2, -0.15) is 5.26 Å². The number of fused-ring (bicyclic) bond motifs is 1. The zero-order valence-electron chi connectivity index (χ0n) is 14.2. The number of aromatic nitrogens is 1. The predicted molar refractivity (Wildman–Crippen MR) is 94.1 cm³/mol. The number of aryl methyl sites for hydroxylation is 2. The first kappa shape index (κ1) is 18.2. The van der Waals surface area contributed by atoms with Gasteiger partial charge in [0, 0.05) is 30.8 Å². The Hall–Kier alpha value is -2.16. The molecule has 128 valence electrons. The van der Waals surface area contributed by atoms with E-state index >= 15 is 0 Å². The molecule has 0 bridgehead atoms. The normalized spacial score (nSPS) is 10.8. The molecule has 5 nitrogen and oxygen atoms in total. The van der Waals surface area contributed by atoms with Crippen LogP contribution in [0.4, 0.5) is 0 Å². The fourth-order valence-electron chi connectivity index (χ4n) is 2.61. The van der Waals surface area contributed by atoms with Crippen molar-refractivity contribution in [3.05, 3.63) is 46.2 Å². The van der Waals surface area contributed by atoms with E-state index in [0.29, 0.717) is 32.8 Å². The van der Waals surface area contributed by atoms with Gasteiger partial charge in [0.05, 0.1) is 37.8 Å². The van der Waals surface area contributed by atoms with Gasteiger partial charge in [-0.25, -0.2) is 0 Å². The van der Waals surface area contributed by atoms with Gasteiger partial charge < -0.3 is 14.0 Å². The summed E-state index contributed by atoms with van der Waals surface area (Å²) in [5, 5.41) is 9.16. The number of rotatable bonds is 10. The van der Waals surface area contributed by atoms with Gasteiger partial charge in [0.25, 0.3) is 0 Å². The fraction of sp³-hybridized carbons (Fsp3) is 0.474. The molecule has 2 rings (SSSR count). The van der Waals surface area contributed by atoms with Crippen molar-refractivity contribution in [2.75, 3.05) is 26.4 Å². The maximum absolute atomic E-state index is 12.1. The smallest absolute Gasteiger partial charge is 0.189 e. The quantitative estimate of drug-likeness (QED) is 0.629. The molecular formula is C19H24N2O3. The van der Waals surface area contributed by atoms with Crippen molar-refractivity contribution in [1.29, 1.82) is 5.26 Å². The molecular weight excluding hydrogens is 304 g/mol. The van der Waals surface area contributed by atoms with Gasteiger partial charge in [-0.1, -0.05) is 6.07 Å². The zero-order valence-corrected chi connectivity index (χ0v) is 14.2. The summed E-state index contributed by atoms with van der Waals surface area (Å²) in [6.45, 7) is 5.11. The average molecular weight is 328 g/mol. The third kappa shape index (κ3) is 5.19. The molecule has 0 unspecified atom stereocenters. The number of benzene rings is 1. The van der Waals surface area contributed by atoms with E-state index in [1.54, 1.807) is 6.07 Å². The largest absolute Gasteiger partial charge is 0.379 e. The second-order valence-corrected chi connectivity index (χ2v) is 5.55. The summed E-state index contributed by atoms with van der Waals surface area (Å²) in [6.07, 6.45) is 4.04. The molecule has 0 saturated carbocycles. The highest BCUT2D eigenvalue weighted by Crippen LogP contribution is 2.14. The van der Waals surface area contributed by atoms with E-state index < -0.39 is 0 Å². The molecule has 0 aliphatic carbocycles. The monoisotopic (exact) mass is 328 g/mol. The van der Waals surface area contributed by atoms with E-state index in [2.05, 4.69) is 17.6 Å². The van der Waals surface area contributed by atoms with Crippen LogP contribution in [-0.4, -0.2) is 31.0 Å². The summed E-state index contributed by atoms with van der Waals surface area (Å²) in [6, 6.07) is 9.77. The van der Waals surface area contributed by atoms with E-state index in [4.69, 9.17) is 14.7 Å². The Labute approximate surface area is 142 Å². The minimum atomic E-state index is 0.0716. The Morgan fingerprint density at radius 3 is 2.67 bits per heavy atom. The minimum absolute atomic E-state index is 0.0716. The van der Waals surface area contributed by atoms with Crippen LogP contribution in [0.1, 0.15) is 25.3 Å². The van der Waals surface area contributed by atoms with Crippen LogP contribution < -0.4 is 5.43 Å². The maximum atomic E-state index is 12.1. The number of hydrogen-bond acceptors (Lipinski definition) is 4. The molecule has 0 saturated heterocycles. The van der Waals surface area contributed by atoms with E-state index in [1.165, 1.54) is 0 Å². The zero-order chi connectivity index (χ0) is 17.2. The molecule has 0 fully saturated rings. The number of nitriles is 1. The lowest BCUT2D eigenvalue weighted by molar-refractivity contribution is 0.0490.